The summed E-state index contributed by atoms with van der Waals surface area (Å²) in [5.41, 5.74) is -0.360. The number of nitrogens with zero attached hydrogens (tertiary/aromatic N) is 2. The summed E-state index contributed by atoms with van der Waals surface area (Å²) in [5.74, 6) is -2.94. The van der Waals surface area contributed by atoms with E-state index in [0.717, 1.165) is 11.6 Å². The maximum absolute atomic E-state index is 13.9. The van der Waals surface area contributed by atoms with Crippen LogP contribution in [0.5, 0.6) is 5.75 Å². The molecule has 1 unspecified atom stereocenters. The molecule has 3 heterocycles. The molecule has 180 valence electrons. The van der Waals surface area contributed by atoms with Crippen LogP contribution in [0.15, 0.2) is 59.5 Å². The first-order chi connectivity index (χ1) is 16.8. The summed E-state index contributed by atoms with van der Waals surface area (Å²) in [6, 6.07) is 12.6. The molecule has 0 aliphatic carbocycles. The summed E-state index contributed by atoms with van der Waals surface area (Å²) < 4.78 is 28.4. The maximum atomic E-state index is 13.9. The van der Waals surface area contributed by atoms with E-state index in [-0.39, 0.29) is 34.8 Å². The summed E-state index contributed by atoms with van der Waals surface area (Å²) in [6.45, 7) is 0.0248. The Morgan fingerprint density at radius 1 is 1.14 bits per heavy atom. The lowest BCUT2D eigenvalue weighted by Gasteiger charge is -2.35. The number of benzene rings is 2. The SMILES string of the molecule is O=C(NCc1ccc(F)cc1F)c1cn2c(c(O)c1=O)C(=O)N1C(C2)SC[C@@H]1Cc1ccccc1. The molecule has 2 amide bonds. The van der Waals surface area contributed by atoms with Gasteiger partial charge in [-0.3, -0.25) is 14.4 Å². The van der Waals surface area contributed by atoms with Crippen molar-refractivity contribution in [3.05, 3.63) is 99.0 Å². The van der Waals surface area contributed by atoms with Crippen LogP contribution >= 0.6 is 11.8 Å². The van der Waals surface area contributed by atoms with Crippen molar-refractivity contribution in [2.45, 2.75) is 30.9 Å². The molecule has 10 heteroatoms. The van der Waals surface area contributed by atoms with E-state index in [0.29, 0.717) is 24.8 Å². The number of aromatic hydroxyl groups is 1. The molecule has 0 radical (unpaired) electrons. The summed E-state index contributed by atoms with van der Waals surface area (Å²) in [5, 5.41) is 12.8. The Kier molecular flexibility index (Phi) is 6.06. The highest BCUT2D eigenvalue weighted by molar-refractivity contribution is 8.00. The lowest BCUT2D eigenvalue weighted by atomic mass is 10.0. The molecule has 1 aromatic heterocycles. The minimum absolute atomic E-state index is 0.0414. The summed E-state index contributed by atoms with van der Waals surface area (Å²) >= 11 is 1.61. The van der Waals surface area contributed by atoms with Crippen LogP contribution < -0.4 is 10.7 Å². The molecular formula is C25H21F2N3O4S. The number of carbonyl (C=O) groups is 2. The van der Waals surface area contributed by atoms with E-state index >= 15 is 0 Å². The van der Waals surface area contributed by atoms with Crippen molar-refractivity contribution < 1.29 is 23.5 Å². The van der Waals surface area contributed by atoms with E-state index in [1.807, 2.05) is 30.3 Å². The number of thioether (sulfide) groups is 1. The highest BCUT2D eigenvalue weighted by Gasteiger charge is 2.44. The monoisotopic (exact) mass is 497 g/mol. The number of amides is 2. The zero-order valence-electron chi connectivity index (χ0n) is 18.4. The van der Waals surface area contributed by atoms with Gasteiger partial charge in [0.05, 0.1) is 11.9 Å². The summed E-state index contributed by atoms with van der Waals surface area (Å²) in [7, 11) is 0. The minimum Gasteiger partial charge on any atom is -0.503 e. The van der Waals surface area contributed by atoms with E-state index in [1.54, 1.807) is 16.7 Å². The number of pyridine rings is 1. The van der Waals surface area contributed by atoms with Crippen molar-refractivity contribution in [1.82, 2.24) is 14.8 Å². The van der Waals surface area contributed by atoms with Gasteiger partial charge >= 0.3 is 0 Å². The Hall–Kier alpha value is -3.66. The van der Waals surface area contributed by atoms with Crippen molar-refractivity contribution in [2.24, 2.45) is 0 Å². The zero-order chi connectivity index (χ0) is 24.7. The van der Waals surface area contributed by atoms with Crippen molar-refractivity contribution >= 4 is 23.6 Å². The van der Waals surface area contributed by atoms with Crippen LogP contribution in [0.25, 0.3) is 0 Å². The number of carbonyl (C=O) groups excluding carboxylic acids is 2. The predicted octanol–water partition coefficient (Wildman–Crippen LogP) is 2.90. The average molecular weight is 498 g/mol. The first-order valence-corrected chi connectivity index (χ1v) is 12.0. The van der Waals surface area contributed by atoms with E-state index in [1.165, 1.54) is 16.8 Å². The van der Waals surface area contributed by atoms with Gasteiger partial charge in [-0.2, -0.15) is 0 Å². The average Bonchev–Trinajstić information content (AvgIpc) is 3.23. The number of hydrogen-bond acceptors (Lipinski definition) is 5. The first-order valence-electron chi connectivity index (χ1n) is 11.0. The molecule has 2 aromatic carbocycles. The van der Waals surface area contributed by atoms with Gasteiger partial charge in [0.15, 0.2) is 11.4 Å². The smallest absolute Gasteiger partial charge is 0.275 e. The number of aromatic nitrogens is 1. The molecule has 2 N–H and O–H groups in total. The van der Waals surface area contributed by atoms with Crippen molar-refractivity contribution in [1.29, 1.82) is 0 Å². The van der Waals surface area contributed by atoms with E-state index < -0.39 is 34.6 Å². The van der Waals surface area contributed by atoms with Crippen molar-refractivity contribution in [3.63, 3.8) is 0 Å². The number of halogens is 2. The van der Waals surface area contributed by atoms with E-state index in [2.05, 4.69) is 5.32 Å². The van der Waals surface area contributed by atoms with Crippen LogP contribution in [0.4, 0.5) is 8.78 Å². The van der Waals surface area contributed by atoms with E-state index in [9.17, 15) is 28.3 Å². The molecule has 7 nitrogen and oxygen atoms in total. The van der Waals surface area contributed by atoms with Crippen LogP contribution in [-0.4, -0.2) is 43.6 Å². The van der Waals surface area contributed by atoms with Gasteiger partial charge in [-0.1, -0.05) is 36.4 Å². The topological polar surface area (TPSA) is 91.6 Å². The van der Waals surface area contributed by atoms with Crippen molar-refractivity contribution in [2.75, 3.05) is 5.75 Å². The normalized spacial score (nSPS) is 18.8. The molecule has 0 bridgehead atoms. The van der Waals surface area contributed by atoms with Gasteiger partial charge in [-0.05, 0) is 18.1 Å². The first kappa shape index (κ1) is 23.1. The second-order valence-corrected chi connectivity index (χ2v) is 9.69. The van der Waals surface area contributed by atoms with Crippen LogP contribution in [0.2, 0.25) is 0 Å². The molecule has 2 aliphatic rings. The lowest BCUT2D eigenvalue weighted by Crippen LogP contribution is -2.49. The number of hydrogen-bond donors (Lipinski definition) is 2. The number of fused-ring (bicyclic) bond motifs is 2. The fourth-order valence-electron chi connectivity index (χ4n) is 4.50. The molecular weight excluding hydrogens is 476 g/mol. The molecule has 1 fully saturated rings. The third kappa shape index (κ3) is 4.29. The maximum Gasteiger partial charge on any atom is 0.275 e. The Morgan fingerprint density at radius 2 is 1.91 bits per heavy atom. The van der Waals surface area contributed by atoms with Gasteiger partial charge in [0.1, 0.15) is 17.2 Å². The van der Waals surface area contributed by atoms with Crippen LogP contribution in [0, 0.1) is 11.6 Å². The third-order valence-electron chi connectivity index (χ3n) is 6.24. The standard InChI is InChI=1S/C25H21F2N3O4S/c26-16-7-6-15(19(27)9-16)10-28-24(33)18-11-29-12-20-30(25(34)21(29)23(32)22(18)31)17(13-35-20)8-14-4-2-1-3-5-14/h1-7,9,11,17,20,32H,8,10,12-13H2,(H,28,33)/t17-,20?/m0/s1. The van der Waals surface area contributed by atoms with Gasteiger partial charge in [-0.15, -0.1) is 11.8 Å². The third-order valence-corrected chi connectivity index (χ3v) is 7.58. The van der Waals surface area contributed by atoms with Crippen molar-refractivity contribution in [3.8, 4) is 5.75 Å². The Balaban J connectivity index is 1.39. The summed E-state index contributed by atoms with van der Waals surface area (Å²) in [6.07, 6.45) is 1.91. The Bertz CT molecular complexity index is 1380. The molecule has 1 saturated heterocycles. The van der Waals surface area contributed by atoms with Gasteiger partial charge < -0.3 is 19.9 Å². The zero-order valence-corrected chi connectivity index (χ0v) is 19.2. The Labute approximate surface area is 203 Å². The van der Waals surface area contributed by atoms with E-state index in [4.69, 9.17) is 0 Å². The molecule has 2 aliphatic heterocycles. The van der Waals surface area contributed by atoms with Crippen LogP contribution in [-0.2, 0) is 19.5 Å². The van der Waals surface area contributed by atoms with Crippen LogP contribution in [0.3, 0.4) is 0 Å². The number of nitrogens with one attached hydrogen (secondary N) is 1. The molecule has 0 saturated carbocycles. The quantitative estimate of drug-likeness (QED) is 0.566. The molecule has 3 aromatic rings. The molecule has 35 heavy (non-hydrogen) atoms. The predicted molar refractivity (Wildman–Crippen MR) is 126 cm³/mol. The second kappa shape index (κ2) is 9.18. The fourth-order valence-corrected chi connectivity index (χ4v) is 5.92. The highest BCUT2D eigenvalue weighted by Crippen LogP contribution is 2.37. The largest absolute Gasteiger partial charge is 0.503 e. The molecule has 0 spiro atoms. The fraction of sp³-hybridized carbons (Fsp3) is 0.240. The Morgan fingerprint density at radius 3 is 2.66 bits per heavy atom. The molecule has 2 atom stereocenters. The highest BCUT2D eigenvalue weighted by atomic mass is 32.2. The van der Waals surface area contributed by atoms with Gasteiger partial charge in [0.25, 0.3) is 11.8 Å². The van der Waals surface area contributed by atoms with Gasteiger partial charge in [0.2, 0.25) is 5.43 Å². The lowest BCUT2D eigenvalue weighted by molar-refractivity contribution is 0.0619. The second-order valence-electron chi connectivity index (χ2n) is 8.48. The van der Waals surface area contributed by atoms with Gasteiger partial charge in [0, 0.05) is 36.2 Å². The summed E-state index contributed by atoms with van der Waals surface area (Å²) in [4.78, 5) is 40.5. The van der Waals surface area contributed by atoms with Gasteiger partial charge in [-0.25, -0.2) is 8.78 Å². The van der Waals surface area contributed by atoms with Crippen LogP contribution in [0.1, 0.15) is 32.0 Å². The molecule has 5 rings (SSSR count). The number of rotatable bonds is 5. The minimum atomic E-state index is -0.980.